The molecule has 1 unspecified atom stereocenters. The Morgan fingerprint density at radius 3 is 2.50 bits per heavy atom. The fraction of sp³-hybridized carbons (Fsp3) is 0.963. The van der Waals surface area contributed by atoms with Crippen molar-refractivity contribution < 1.29 is 9.53 Å². The molecule has 0 aromatic rings. The maximum absolute atomic E-state index is 11.5. The lowest BCUT2D eigenvalue weighted by Crippen LogP contribution is -2.55. The lowest BCUT2D eigenvalue weighted by molar-refractivity contribution is -0.160. The highest BCUT2D eigenvalue weighted by Gasteiger charge is 2.60. The Hall–Kier alpha value is -0.570. The largest absolute Gasteiger partial charge is 0.463 e. The third-order valence-corrected chi connectivity index (χ3v) is 10.6. The number of unbranched alkanes of at least 4 members (excludes halogenated alkanes) is 1. The Labute approximate surface area is 185 Å². The van der Waals surface area contributed by atoms with Crippen LogP contribution in [0.1, 0.15) is 105 Å². The van der Waals surface area contributed by atoms with Crippen LogP contribution < -0.4 is 5.32 Å². The number of carbonyl (C=O) groups excluding carboxylic acids is 1. The van der Waals surface area contributed by atoms with Crippen molar-refractivity contribution in [3.63, 3.8) is 0 Å². The molecule has 4 aliphatic rings. The van der Waals surface area contributed by atoms with Crippen molar-refractivity contribution in [2.75, 3.05) is 6.54 Å². The van der Waals surface area contributed by atoms with Crippen LogP contribution >= 0.6 is 0 Å². The summed E-state index contributed by atoms with van der Waals surface area (Å²) in [6.45, 7) is 12.8. The van der Waals surface area contributed by atoms with E-state index in [1.807, 2.05) is 0 Å². The molecule has 0 saturated heterocycles. The van der Waals surface area contributed by atoms with E-state index in [4.69, 9.17) is 4.74 Å². The summed E-state index contributed by atoms with van der Waals surface area (Å²) in [6.07, 6.45) is 14.7. The van der Waals surface area contributed by atoms with Gasteiger partial charge >= 0.3 is 5.97 Å². The van der Waals surface area contributed by atoms with Gasteiger partial charge in [0.2, 0.25) is 0 Å². The minimum atomic E-state index is -0.0932. The molecule has 0 aromatic carbocycles. The zero-order valence-electron chi connectivity index (χ0n) is 20.3. The number of esters is 1. The summed E-state index contributed by atoms with van der Waals surface area (Å²) in [5.41, 5.74) is 1.02. The Morgan fingerprint density at radius 2 is 1.77 bits per heavy atom. The van der Waals surface area contributed by atoms with E-state index >= 15 is 0 Å². The van der Waals surface area contributed by atoms with Crippen LogP contribution in [-0.2, 0) is 9.53 Å². The fourth-order valence-corrected chi connectivity index (χ4v) is 9.07. The zero-order chi connectivity index (χ0) is 21.5. The second-order valence-corrected chi connectivity index (χ2v) is 12.0. The fourth-order valence-electron chi connectivity index (χ4n) is 9.07. The quantitative estimate of drug-likeness (QED) is 0.404. The summed E-state index contributed by atoms with van der Waals surface area (Å²) >= 11 is 0. The predicted molar refractivity (Wildman–Crippen MR) is 123 cm³/mol. The topological polar surface area (TPSA) is 38.3 Å². The highest BCUT2D eigenvalue weighted by molar-refractivity contribution is 5.66. The summed E-state index contributed by atoms with van der Waals surface area (Å²) in [7, 11) is 0. The van der Waals surface area contributed by atoms with Gasteiger partial charge in [-0.25, -0.2) is 0 Å². The molecule has 0 aliphatic heterocycles. The molecule has 0 radical (unpaired) electrons. The smallest absolute Gasteiger partial charge is 0.302 e. The van der Waals surface area contributed by atoms with Crippen LogP contribution in [-0.4, -0.2) is 24.7 Å². The normalized spacial score (nSPS) is 46.4. The average molecular weight is 418 g/mol. The lowest BCUT2D eigenvalue weighted by atomic mass is 9.44. The molecule has 4 fully saturated rings. The van der Waals surface area contributed by atoms with Crippen molar-refractivity contribution in [2.24, 2.45) is 40.4 Å². The first-order valence-corrected chi connectivity index (χ1v) is 13.2. The number of fused-ring (bicyclic) bond motifs is 5. The van der Waals surface area contributed by atoms with Crippen LogP contribution in [0, 0.1) is 40.4 Å². The number of rotatable bonds is 6. The standard InChI is InChI=1S/C27H47NO2/c1-6-7-16-28-18(2)23-10-11-24-22-9-8-20-17-21(30-19(3)29)12-14-26(20,4)25(22)13-15-27(23,24)5/h18,20-25,28H,6-17H2,1-5H3/t18?,20-,21-,22-,23+,24-,25-,26-,27+/m0/s1. The Bertz CT molecular complexity index is 620. The van der Waals surface area contributed by atoms with Crippen LogP contribution in [0.2, 0.25) is 0 Å². The molecule has 4 aliphatic carbocycles. The van der Waals surface area contributed by atoms with Gasteiger partial charge < -0.3 is 10.1 Å². The summed E-state index contributed by atoms with van der Waals surface area (Å²) in [5, 5.41) is 3.89. The van der Waals surface area contributed by atoms with E-state index in [0.717, 1.165) is 42.4 Å². The molecule has 9 atom stereocenters. The Kier molecular flexibility index (Phi) is 6.60. The van der Waals surface area contributed by atoms with Gasteiger partial charge in [-0.15, -0.1) is 0 Å². The predicted octanol–water partition coefficient (Wildman–Crippen LogP) is 6.36. The molecule has 0 aromatic heterocycles. The molecule has 0 heterocycles. The first-order valence-electron chi connectivity index (χ1n) is 13.2. The summed E-state index contributed by atoms with van der Waals surface area (Å²) < 4.78 is 5.64. The first kappa shape index (κ1) is 22.6. The molecule has 4 rings (SSSR count). The van der Waals surface area contributed by atoms with Crippen molar-refractivity contribution in [3.8, 4) is 0 Å². The number of carbonyl (C=O) groups is 1. The van der Waals surface area contributed by atoms with Crippen LogP contribution in [0.15, 0.2) is 0 Å². The minimum Gasteiger partial charge on any atom is -0.463 e. The second kappa shape index (κ2) is 8.75. The van der Waals surface area contributed by atoms with E-state index < -0.39 is 0 Å². The van der Waals surface area contributed by atoms with Crippen molar-refractivity contribution in [1.29, 1.82) is 0 Å². The van der Waals surface area contributed by atoms with E-state index in [-0.39, 0.29) is 12.1 Å². The molecule has 0 spiro atoms. The third kappa shape index (κ3) is 3.86. The van der Waals surface area contributed by atoms with Crippen molar-refractivity contribution in [2.45, 2.75) is 117 Å². The maximum Gasteiger partial charge on any atom is 0.302 e. The van der Waals surface area contributed by atoms with Crippen molar-refractivity contribution >= 4 is 5.97 Å². The van der Waals surface area contributed by atoms with Gasteiger partial charge in [0.1, 0.15) is 6.10 Å². The summed E-state index contributed by atoms with van der Waals surface area (Å²) in [5.74, 6) is 4.28. The SMILES string of the molecule is CCCCNC(C)[C@H]1CC[C@H]2[C@@H]3CC[C@H]4C[C@@H](OC(C)=O)CC[C@]4(C)[C@H]3CC[C@]12C. The van der Waals surface area contributed by atoms with E-state index in [9.17, 15) is 4.79 Å². The highest BCUT2D eigenvalue weighted by Crippen LogP contribution is 2.67. The number of hydrogen-bond acceptors (Lipinski definition) is 3. The van der Waals surface area contributed by atoms with Crippen molar-refractivity contribution in [1.82, 2.24) is 5.32 Å². The summed E-state index contributed by atoms with van der Waals surface area (Å²) in [6, 6.07) is 0.661. The average Bonchev–Trinajstić information content (AvgIpc) is 3.05. The lowest BCUT2D eigenvalue weighted by Gasteiger charge is -2.61. The number of nitrogens with one attached hydrogen (secondary N) is 1. The zero-order valence-corrected chi connectivity index (χ0v) is 20.3. The van der Waals surface area contributed by atoms with Gasteiger partial charge in [-0.05, 0) is 118 Å². The molecular formula is C27H47NO2. The van der Waals surface area contributed by atoms with E-state index in [0.29, 0.717) is 16.9 Å². The van der Waals surface area contributed by atoms with Gasteiger partial charge in [0, 0.05) is 13.0 Å². The summed E-state index contributed by atoms with van der Waals surface area (Å²) in [4.78, 5) is 11.5. The van der Waals surface area contributed by atoms with Crippen LogP contribution in [0.25, 0.3) is 0 Å². The van der Waals surface area contributed by atoms with Gasteiger partial charge in [0.05, 0.1) is 0 Å². The molecule has 30 heavy (non-hydrogen) atoms. The molecule has 3 nitrogen and oxygen atoms in total. The van der Waals surface area contributed by atoms with Crippen LogP contribution in [0.4, 0.5) is 0 Å². The Balaban J connectivity index is 1.45. The van der Waals surface area contributed by atoms with Crippen LogP contribution in [0.3, 0.4) is 0 Å². The van der Waals surface area contributed by atoms with E-state index in [2.05, 4.69) is 33.0 Å². The molecule has 0 amide bonds. The third-order valence-electron chi connectivity index (χ3n) is 10.6. The van der Waals surface area contributed by atoms with E-state index in [1.54, 1.807) is 6.92 Å². The highest BCUT2D eigenvalue weighted by atomic mass is 16.5. The minimum absolute atomic E-state index is 0.0932. The molecule has 3 heteroatoms. The van der Waals surface area contributed by atoms with Crippen LogP contribution in [0.5, 0.6) is 0 Å². The van der Waals surface area contributed by atoms with E-state index in [1.165, 1.54) is 64.3 Å². The van der Waals surface area contributed by atoms with Gasteiger partial charge in [-0.3, -0.25) is 4.79 Å². The molecule has 172 valence electrons. The van der Waals surface area contributed by atoms with Gasteiger partial charge in [0.15, 0.2) is 0 Å². The van der Waals surface area contributed by atoms with Gasteiger partial charge in [-0.2, -0.15) is 0 Å². The maximum atomic E-state index is 11.5. The Morgan fingerprint density at radius 1 is 1.03 bits per heavy atom. The molecule has 0 bridgehead atoms. The second-order valence-electron chi connectivity index (χ2n) is 12.0. The first-order chi connectivity index (χ1) is 14.3. The molecule has 1 N–H and O–H groups in total. The van der Waals surface area contributed by atoms with Crippen molar-refractivity contribution in [3.05, 3.63) is 0 Å². The molecular weight excluding hydrogens is 370 g/mol. The number of hydrogen-bond donors (Lipinski definition) is 1. The monoisotopic (exact) mass is 417 g/mol. The number of ether oxygens (including phenoxy) is 1. The van der Waals surface area contributed by atoms with Gasteiger partial charge in [-0.1, -0.05) is 27.2 Å². The molecule has 4 saturated carbocycles. The van der Waals surface area contributed by atoms with Gasteiger partial charge in [0.25, 0.3) is 0 Å².